The molecule has 4 heteroatoms. The maximum Gasteiger partial charge on any atom is 0.418 e. The summed E-state index contributed by atoms with van der Waals surface area (Å²) in [6.07, 6.45) is 9.02. The summed E-state index contributed by atoms with van der Waals surface area (Å²) >= 11 is 3.56. The predicted octanol–water partition coefficient (Wildman–Crippen LogP) is 5.25. The summed E-state index contributed by atoms with van der Waals surface area (Å²) in [6.45, 7) is 4.24. The van der Waals surface area contributed by atoms with E-state index in [1.807, 2.05) is 6.08 Å². The van der Waals surface area contributed by atoms with Crippen molar-refractivity contribution in [2.24, 2.45) is 5.92 Å². The standard InChI is InChI=1S/C20H18BrNO2/c1-12-15-7-3-5-13-6-4-8-17(19(13)15)16-10-9-14(21)11-18(16)22(12)20(23)24-2/h3,5,7-9,11,16H,1,4,6,10H2,2H3. The topological polar surface area (TPSA) is 29.5 Å². The number of ether oxygens (including phenoxy) is 1. The lowest BCUT2D eigenvalue weighted by atomic mass is 9.78. The minimum Gasteiger partial charge on any atom is -0.452 e. The number of rotatable bonds is 0. The second-order valence-corrected chi connectivity index (χ2v) is 7.15. The van der Waals surface area contributed by atoms with E-state index in [-0.39, 0.29) is 5.92 Å². The molecule has 1 heterocycles. The molecule has 1 amide bonds. The van der Waals surface area contributed by atoms with E-state index >= 15 is 0 Å². The molecule has 3 aliphatic rings. The smallest absolute Gasteiger partial charge is 0.418 e. The highest BCUT2D eigenvalue weighted by atomic mass is 79.9. The van der Waals surface area contributed by atoms with E-state index in [0.717, 1.165) is 35.0 Å². The molecule has 1 aromatic carbocycles. The van der Waals surface area contributed by atoms with E-state index in [4.69, 9.17) is 4.74 Å². The number of fused-ring (bicyclic) bond motifs is 2. The average Bonchev–Trinajstić information content (AvgIpc) is 2.70. The largest absolute Gasteiger partial charge is 0.452 e. The van der Waals surface area contributed by atoms with Crippen LogP contribution in [-0.2, 0) is 11.2 Å². The van der Waals surface area contributed by atoms with Crippen molar-refractivity contribution >= 4 is 33.3 Å². The first-order chi connectivity index (χ1) is 11.6. The summed E-state index contributed by atoms with van der Waals surface area (Å²) in [7, 11) is 1.41. The Bertz CT molecular complexity index is 847. The lowest BCUT2D eigenvalue weighted by molar-refractivity contribution is 0.149. The van der Waals surface area contributed by atoms with Crippen LogP contribution in [0.25, 0.3) is 11.3 Å². The van der Waals surface area contributed by atoms with Crippen LogP contribution < -0.4 is 0 Å². The molecule has 1 aromatic rings. The number of halogens is 1. The summed E-state index contributed by atoms with van der Waals surface area (Å²) in [4.78, 5) is 14.2. The molecule has 0 saturated heterocycles. The Morgan fingerprint density at radius 2 is 2.21 bits per heavy atom. The van der Waals surface area contributed by atoms with Gasteiger partial charge in [0.05, 0.1) is 12.8 Å². The maximum atomic E-state index is 12.5. The number of carbonyl (C=O) groups is 1. The van der Waals surface area contributed by atoms with Crippen molar-refractivity contribution in [1.29, 1.82) is 0 Å². The predicted molar refractivity (Wildman–Crippen MR) is 99.2 cm³/mol. The molecule has 0 aromatic heterocycles. The summed E-state index contributed by atoms with van der Waals surface area (Å²) in [6, 6.07) is 6.29. The van der Waals surface area contributed by atoms with Crippen LogP contribution in [0.1, 0.15) is 29.5 Å². The highest BCUT2D eigenvalue weighted by Crippen LogP contribution is 2.48. The minimum atomic E-state index is -0.393. The van der Waals surface area contributed by atoms with Gasteiger partial charge in [0.1, 0.15) is 0 Å². The van der Waals surface area contributed by atoms with Crippen molar-refractivity contribution in [3.05, 3.63) is 69.9 Å². The number of benzene rings is 1. The lowest BCUT2D eigenvalue weighted by Crippen LogP contribution is -2.31. The molecule has 122 valence electrons. The van der Waals surface area contributed by atoms with E-state index in [9.17, 15) is 4.79 Å². The number of amides is 1. The summed E-state index contributed by atoms with van der Waals surface area (Å²) in [5.74, 6) is 0.143. The maximum absolute atomic E-state index is 12.5. The molecule has 0 bridgehead atoms. The Kier molecular flexibility index (Phi) is 3.72. The molecular formula is C20H18BrNO2. The molecule has 24 heavy (non-hydrogen) atoms. The third-order valence-electron chi connectivity index (χ3n) is 4.98. The van der Waals surface area contributed by atoms with Gasteiger partial charge in [0.25, 0.3) is 0 Å². The van der Waals surface area contributed by atoms with Gasteiger partial charge in [0.15, 0.2) is 0 Å². The van der Waals surface area contributed by atoms with Gasteiger partial charge in [0.2, 0.25) is 0 Å². The molecule has 1 aliphatic heterocycles. The fourth-order valence-corrected chi connectivity index (χ4v) is 4.35. The van der Waals surface area contributed by atoms with Crippen molar-refractivity contribution in [1.82, 2.24) is 4.90 Å². The van der Waals surface area contributed by atoms with E-state index in [0.29, 0.717) is 5.70 Å². The van der Waals surface area contributed by atoms with Gasteiger partial charge in [-0.3, -0.25) is 0 Å². The van der Waals surface area contributed by atoms with Gasteiger partial charge in [0, 0.05) is 21.7 Å². The van der Waals surface area contributed by atoms with Crippen LogP contribution in [0.2, 0.25) is 0 Å². The molecule has 4 rings (SSSR count). The highest BCUT2D eigenvalue weighted by Gasteiger charge is 2.38. The van der Waals surface area contributed by atoms with Crippen molar-refractivity contribution < 1.29 is 9.53 Å². The number of carbonyl (C=O) groups excluding carboxylic acids is 1. The molecule has 1 unspecified atom stereocenters. The van der Waals surface area contributed by atoms with Gasteiger partial charge in [-0.15, -0.1) is 0 Å². The third kappa shape index (κ3) is 2.20. The van der Waals surface area contributed by atoms with Gasteiger partial charge in [-0.05, 0) is 42.0 Å². The Labute approximate surface area is 150 Å². The zero-order valence-electron chi connectivity index (χ0n) is 13.5. The number of hydrogen-bond acceptors (Lipinski definition) is 2. The molecule has 0 radical (unpaired) electrons. The monoisotopic (exact) mass is 383 g/mol. The second-order valence-electron chi connectivity index (χ2n) is 6.24. The van der Waals surface area contributed by atoms with E-state index < -0.39 is 6.09 Å². The van der Waals surface area contributed by atoms with Crippen molar-refractivity contribution in [3.8, 4) is 0 Å². The fourth-order valence-electron chi connectivity index (χ4n) is 3.93. The summed E-state index contributed by atoms with van der Waals surface area (Å²) in [5, 5.41) is 0. The average molecular weight is 384 g/mol. The Hall–Kier alpha value is -2.07. The lowest BCUT2D eigenvalue weighted by Gasteiger charge is -2.31. The molecule has 0 fully saturated rings. The van der Waals surface area contributed by atoms with Gasteiger partial charge in [-0.25, -0.2) is 9.69 Å². The van der Waals surface area contributed by atoms with Crippen molar-refractivity contribution in [2.45, 2.75) is 19.3 Å². The molecule has 3 nitrogen and oxygen atoms in total. The second kappa shape index (κ2) is 5.78. The fraction of sp³-hybridized carbons (Fsp3) is 0.250. The van der Waals surface area contributed by atoms with Crippen LogP contribution in [0.3, 0.4) is 0 Å². The van der Waals surface area contributed by atoms with Gasteiger partial charge < -0.3 is 4.74 Å². The van der Waals surface area contributed by atoms with Crippen LogP contribution in [-0.4, -0.2) is 18.1 Å². The SMILES string of the molecule is C=C1c2cccc3c2C(=CCC3)C2CC=C(Br)C=C2N1C(=O)OC. The summed E-state index contributed by atoms with van der Waals surface area (Å²) in [5.41, 5.74) is 6.53. The zero-order valence-corrected chi connectivity index (χ0v) is 15.1. The molecule has 0 saturated carbocycles. The number of allylic oxidation sites excluding steroid dienone is 5. The highest BCUT2D eigenvalue weighted by molar-refractivity contribution is 9.11. The number of methoxy groups -OCH3 is 1. The van der Waals surface area contributed by atoms with E-state index in [1.54, 1.807) is 4.90 Å². The Morgan fingerprint density at radius 1 is 1.38 bits per heavy atom. The molecule has 1 atom stereocenters. The molecule has 2 aliphatic carbocycles. The van der Waals surface area contributed by atoms with Crippen LogP contribution >= 0.6 is 15.9 Å². The number of aryl methyl sites for hydroxylation is 1. The number of nitrogens with zero attached hydrogens (tertiary/aromatic N) is 1. The Balaban J connectivity index is 2.00. The first-order valence-corrected chi connectivity index (χ1v) is 8.88. The van der Waals surface area contributed by atoms with Crippen LogP contribution in [0, 0.1) is 5.92 Å². The van der Waals surface area contributed by atoms with Crippen molar-refractivity contribution in [2.75, 3.05) is 7.11 Å². The van der Waals surface area contributed by atoms with Gasteiger partial charge >= 0.3 is 6.09 Å². The van der Waals surface area contributed by atoms with E-state index in [1.165, 1.54) is 23.8 Å². The number of hydrogen-bond donors (Lipinski definition) is 0. The first-order valence-electron chi connectivity index (χ1n) is 8.08. The minimum absolute atomic E-state index is 0.143. The molecule has 0 N–H and O–H groups in total. The van der Waals surface area contributed by atoms with Crippen LogP contribution in [0.4, 0.5) is 4.79 Å². The zero-order chi connectivity index (χ0) is 16.8. The van der Waals surface area contributed by atoms with Crippen molar-refractivity contribution in [3.63, 3.8) is 0 Å². The molecule has 0 spiro atoms. The van der Waals surface area contributed by atoms with Gasteiger partial charge in [-0.2, -0.15) is 0 Å². The van der Waals surface area contributed by atoms with Crippen LogP contribution in [0.15, 0.2) is 53.2 Å². The molecular weight excluding hydrogens is 366 g/mol. The first kappa shape index (κ1) is 15.5. The van der Waals surface area contributed by atoms with Gasteiger partial charge in [-0.1, -0.05) is 52.9 Å². The quantitative estimate of drug-likeness (QED) is 0.611. The Morgan fingerprint density at radius 3 is 3.00 bits per heavy atom. The summed E-state index contributed by atoms with van der Waals surface area (Å²) < 4.78 is 6.05. The third-order valence-corrected chi connectivity index (χ3v) is 5.53. The van der Waals surface area contributed by atoms with E-state index in [2.05, 4.69) is 52.9 Å². The normalized spacial score (nSPS) is 21.8. The van der Waals surface area contributed by atoms with Crippen LogP contribution in [0.5, 0.6) is 0 Å².